The van der Waals surface area contributed by atoms with Crippen LogP contribution in [0, 0.1) is 19.8 Å². The monoisotopic (exact) mass is 410 g/mol. The fraction of sp³-hybridized carbons (Fsp3) is 0.478. The van der Waals surface area contributed by atoms with Gasteiger partial charge in [-0.05, 0) is 62.9 Å². The predicted molar refractivity (Wildman–Crippen MR) is 123 cm³/mol. The molecule has 0 spiro atoms. The largest absolute Gasteiger partial charge is 0.497 e. The normalized spacial score (nSPS) is 23.6. The number of thioether (sulfide) groups is 1. The third kappa shape index (κ3) is 4.22. The standard InChI is InChI=1S/C23H30N4OS/c1-15-7-5-6-8-21(15)24-23-26-25-22(14-29-23)20-13-16(2)27(17(20)3)18-9-11-19(28-4)12-10-18/h9-13,15,21H,5-8,14H2,1-4H3,(H,24,26). The molecule has 1 saturated carbocycles. The first-order chi connectivity index (χ1) is 14.1. The van der Waals surface area contributed by atoms with E-state index < -0.39 is 0 Å². The summed E-state index contributed by atoms with van der Waals surface area (Å²) >= 11 is 1.77. The number of nitrogens with zero attached hydrogens (tertiary/aromatic N) is 3. The molecule has 154 valence electrons. The number of methoxy groups -OCH3 is 1. The van der Waals surface area contributed by atoms with Gasteiger partial charge in [0.05, 0.1) is 18.9 Å². The summed E-state index contributed by atoms with van der Waals surface area (Å²) < 4.78 is 7.56. The molecule has 4 rings (SSSR count). The van der Waals surface area contributed by atoms with Crippen LogP contribution in [0.15, 0.2) is 40.4 Å². The van der Waals surface area contributed by atoms with Gasteiger partial charge in [-0.2, -0.15) is 5.10 Å². The van der Waals surface area contributed by atoms with Crippen LogP contribution in [0.5, 0.6) is 5.75 Å². The van der Waals surface area contributed by atoms with E-state index in [1.165, 1.54) is 42.6 Å². The van der Waals surface area contributed by atoms with Crippen molar-refractivity contribution in [3.05, 3.63) is 47.3 Å². The van der Waals surface area contributed by atoms with Gasteiger partial charge in [-0.25, -0.2) is 0 Å². The zero-order valence-electron chi connectivity index (χ0n) is 17.7. The van der Waals surface area contributed by atoms with Crippen molar-refractivity contribution in [2.45, 2.75) is 52.5 Å². The van der Waals surface area contributed by atoms with E-state index in [0.717, 1.165) is 28.1 Å². The molecule has 2 atom stereocenters. The minimum atomic E-state index is 0.440. The Morgan fingerprint density at radius 3 is 2.59 bits per heavy atom. The van der Waals surface area contributed by atoms with Crippen LogP contribution in [0.3, 0.4) is 0 Å². The van der Waals surface area contributed by atoms with Crippen molar-refractivity contribution in [1.29, 1.82) is 0 Å². The number of benzene rings is 1. The zero-order valence-corrected chi connectivity index (χ0v) is 18.6. The highest BCUT2D eigenvalue weighted by Gasteiger charge is 2.23. The molecule has 0 saturated heterocycles. The van der Waals surface area contributed by atoms with Gasteiger partial charge in [-0.3, -0.25) is 10.4 Å². The average molecular weight is 411 g/mol. The molecule has 1 aromatic heterocycles. The predicted octanol–water partition coefficient (Wildman–Crippen LogP) is 5.08. The molecule has 2 aromatic rings. The van der Waals surface area contributed by atoms with Crippen LogP contribution in [-0.2, 0) is 0 Å². The molecule has 2 unspecified atom stereocenters. The lowest BCUT2D eigenvalue weighted by Gasteiger charge is -2.26. The van der Waals surface area contributed by atoms with Gasteiger partial charge in [0.15, 0.2) is 5.17 Å². The molecule has 0 bridgehead atoms. The maximum atomic E-state index is 5.29. The van der Waals surface area contributed by atoms with Gasteiger partial charge in [0, 0.05) is 28.4 Å². The van der Waals surface area contributed by atoms with E-state index in [0.29, 0.717) is 12.0 Å². The quantitative estimate of drug-likeness (QED) is 0.765. The third-order valence-corrected chi connectivity index (χ3v) is 6.94. The molecule has 1 fully saturated rings. The van der Waals surface area contributed by atoms with Crippen molar-refractivity contribution in [2.24, 2.45) is 16.0 Å². The average Bonchev–Trinajstić information content (AvgIpc) is 3.04. The van der Waals surface area contributed by atoms with E-state index in [1.54, 1.807) is 18.9 Å². The molecule has 29 heavy (non-hydrogen) atoms. The number of nitrogens with one attached hydrogen (secondary N) is 1. The number of amidine groups is 1. The van der Waals surface area contributed by atoms with Crippen molar-refractivity contribution in [2.75, 3.05) is 12.9 Å². The van der Waals surface area contributed by atoms with Crippen molar-refractivity contribution in [1.82, 2.24) is 9.99 Å². The van der Waals surface area contributed by atoms with Crippen molar-refractivity contribution in [3.63, 3.8) is 0 Å². The van der Waals surface area contributed by atoms with Crippen LogP contribution in [-0.4, -0.2) is 34.4 Å². The van der Waals surface area contributed by atoms with Gasteiger partial charge < -0.3 is 9.30 Å². The molecule has 2 aliphatic rings. The maximum absolute atomic E-state index is 5.29. The van der Waals surface area contributed by atoms with Crippen LogP contribution in [0.25, 0.3) is 5.69 Å². The summed E-state index contributed by atoms with van der Waals surface area (Å²) in [5.74, 6) is 2.39. The Labute approximate surface area is 177 Å². The van der Waals surface area contributed by atoms with Gasteiger partial charge in [-0.1, -0.05) is 31.5 Å². The topological polar surface area (TPSA) is 50.9 Å². The highest BCUT2D eigenvalue weighted by atomic mass is 32.2. The highest BCUT2D eigenvalue weighted by Crippen LogP contribution is 2.28. The van der Waals surface area contributed by atoms with Crippen molar-refractivity contribution < 1.29 is 4.74 Å². The fourth-order valence-electron chi connectivity index (χ4n) is 4.34. The number of ether oxygens (including phenoxy) is 1. The van der Waals surface area contributed by atoms with Crippen LogP contribution in [0.1, 0.15) is 49.6 Å². The second-order valence-electron chi connectivity index (χ2n) is 8.04. The molecule has 1 aliphatic carbocycles. The number of aromatic nitrogens is 1. The van der Waals surface area contributed by atoms with E-state index in [-0.39, 0.29) is 0 Å². The molecule has 2 heterocycles. The molecule has 1 aromatic carbocycles. The first-order valence-corrected chi connectivity index (χ1v) is 11.4. The smallest absolute Gasteiger partial charge is 0.177 e. The number of hydrogen-bond donors (Lipinski definition) is 1. The number of hydrazone groups is 1. The molecule has 0 amide bonds. The van der Waals surface area contributed by atoms with E-state index in [1.807, 2.05) is 12.1 Å². The van der Waals surface area contributed by atoms with E-state index in [2.05, 4.69) is 54.1 Å². The Balaban J connectivity index is 1.54. The molecule has 5 nitrogen and oxygen atoms in total. The number of aryl methyl sites for hydroxylation is 1. The lowest BCUT2D eigenvalue weighted by molar-refractivity contribution is 0.333. The summed E-state index contributed by atoms with van der Waals surface area (Å²) in [6, 6.07) is 10.8. The van der Waals surface area contributed by atoms with Crippen molar-refractivity contribution >= 4 is 22.6 Å². The van der Waals surface area contributed by atoms with E-state index in [4.69, 9.17) is 9.73 Å². The second-order valence-corrected chi connectivity index (χ2v) is 9.00. The first kappa shape index (κ1) is 20.1. The van der Waals surface area contributed by atoms with E-state index >= 15 is 0 Å². The fourth-order valence-corrected chi connectivity index (χ4v) is 5.16. The second kappa shape index (κ2) is 8.66. The summed E-state index contributed by atoms with van der Waals surface area (Å²) in [6.07, 6.45) is 5.13. The zero-order chi connectivity index (χ0) is 20.4. The maximum Gasteiger partial charge on any atom is 0.177 e. The Hall–Kier alpha value is -2.21. The molecule has 6 heteroatoms. The first-order valence-electron chi connectivity index (χ1n) is 10.4. The molecule has 1 N–H and O–H groups in total. The third-order valence-electron chi connectivity index (χ3n) is 6.05. The van der Waals surface area contributed by atoms with Gasteiger partial charge >= 0.3 is 0 Å². The summed E-state index contributed by atoms with van der Waals surface area (Å²) in [5, 5.41) is 5.66. The number of aliphatic imine (C=N–C) groups is 1. The van der Waals surface area contributed by atoms with Gasteiger partial charge in [0.25, 0.3) is 0 Å². The molecular formula is C23H30N4OS. The van der Waals surface area contributed by atoms with Crippen LogP contribution < -0.4 is 10.2 Å². The molecular weight excluding hydrogens is 380 g/mol. The summed E-state index contributed by atoms with van der Waals surface area (Å²) in [4.78, 5) is 4.96. The lowest BCUT2D eigenvalue weighted by Crippen LogP contribution is -2.29. The minimum absolute atomic E-state index is 0.440. The Morgan fingerprint density at radius 1 is 1.17 bits per heavy atom. The lowest BCUT2D eigenvalue weighted by atomic mass is 9.86. The molecule has 0 radical (unpaired) electrons. The highest BCUT2D eigenvalue weighted by molar-refractivity contribution is 8.14. The van der Waals surface area contributed by atoms with Gasteiger partial charge in [0.2, 0.25) is 0 Å². The summed E-state index contributed by atoms with van der Waals surface area (Å²) in [7, 11) is 1.69. The number of rotatable bonds is 4. The van der Waals surface area contributed by atoms with Crippen LogP contribution in [0.4, 0.5) is 0 Å². The van der Waals surface area contributed by atoms with Crippen LogP contribution in [0.2, 0.25) is 0 Å². The van der Waals surface area contributed by atoms with Crippen molar-refractivity contribution in [3.8, 4) is 11.4 Å². The summed E-state index contributed by atoms with van der Waals surface area (Å²) in [6.45, 7) is 6.62. The SMILES string of the molecule is COc1ccc(-n2c(C)cc(C3=NNC(=NC4CCCCC4C)SC3)c2C)cc1. The number of hydrogen-bond acceptors (Lipinski definition) is 4. The minimum Gasteiger partial charge on any atom is -0.497 e. The molecule has 1 aliphatic heterocycles. The van der Waals surface area contributed by atoms with Crippen LogP contribution >= 0.6 is 11.8 Å². The van der Waals surface area contributed by atoms with E-state index in [9.17, 15) is 0 Å². The van der Waals surface area contributed by atoms with Gasteiger partial charge in [0.1, 0.15) is 5.75 Å². The Kier molecular flexibility index (Phi) is 5.99. The summed E-state index contributed by atoms with van der Waals surface area (Å²) in [5.41, 5.74) is 9.04. The Bertz CT molecular complexity index is 929. The van der Waals surface area contributed by atoms with Gasteiger partial charge in [-0.15, -0.1) is 0 Å². The Morgan fingerprint density at radius 2 is 1.93 bits per heavy atom.